The molecule has 6 N–H and O–H groups in total. The quantitative estimate of drug-likeness (QED) is 0.0632. The fourth-order valence-electron chi connectivity index (χ4n) is 4.87. The molecule has 0 aliphatic rings. The van der Waals surface area contributed by atoms with Crippen LogP contribution in [0.5, 0.6) is 0 Å². The summed E-state index contributed by atoms with van der Waals surface area (Å²) in [4.78, 5) is 110. The molecule has 0 saturated heterocycles. The first-order valence-electron chi connectivity index (χ1n) is 16.5. The van der Waals surface area contributed by atoms with Crippen LogP contribution in [-0.2, 0) is 43.2 Å². The number of nitrogens with one attached hydrogen (secondary N) is 6. The zero-order chi connectivity index (χ0) is 36.8. The number of ketones is 5. The van der Waals surface area contributed by atoms with Crippen LogP contribution in [0.15, 0.2) is 0 Å². The zero-order valence-corrected chi connectivity index (χ0v) is 29.5. The van der Waals surface area contributed by atoms with Gasteiger partial charge in [-0.15, -0.1) is 0 Å². The molecule has 0 aromatic carbocycles. The highest BCUT2D eigenvalue weighted by molar-refractivity contribution is 5.92. The largest absolute Gasteiger partial charge is 0.355 e. The van der Waals surface area contributed by atoms with Crippen molar-refractivity contribution >= 4 is 52.5 Å². The number of hydrogen-bond acceptors (Lipinski definition) is 11. The maximum Gasteiger partial charge on any atom is 0.242 e. The van der Waals surface area contributed by atoms with Gasteiger partial charge in [0.15, 0.2) is 5.78 Å². The zero-order valence-electron chi connectivity index (χ0n) is 29.5. The summed E-state index contributed by atoms with van der Waals surface area (Å²) in [5.74, 6) is -2.80. The first-order valence-corrected chi connectivity index (χ1v) is 16.5. The van der Waals surface area contributed by atoms with Crippen molar-refractivity contribution in [3.8, 4) is 0 Å². The van der Waals surface area contributed by atoms with Gasteiger partial charge in [-0.1, -0.05) is 0 Å². The molecule has 15 heteroatoms. The molecule has 0 spiro atoms. The van der Waals surface area contributed by atoms with Crippen LogP contribution in [0.1, 0.15) is 105 Å². The number of carbonyl (C=O) groups is 9. The number of rotatable bonds is 27. The molecule has 48 heavy (non-hydrogen) atoms. The van der Waals surface area contributed by atoms with Gasteiger partial charge < -0.3 is 46.3 Å². The summed E-state index contributed by atoms with van der Waals surface area (Å²) >= 11 is 0. The molecular formula is C33H56N6O9. The second-order valence-electron chi connectivity index (χ2n) is 12.3. The molecule has 272 valence electrons. The van der Waals surface area contributed by atoms with Gasteiger partial charge in [-0.05, 0) is 87.2 Å². The number of Topliss-reactive ketones (excluding diaryl/α,β-unsaturated/α-hetero) is 5. The van der Waals surface area contributed by atoms with Gasteiger partial charge in [-0.3, -0.25) is 28.8 Å². The summed E-state index contributed by atoms with van der Waals surface area (Å²) in [5.41, 5.74) is 0. The normalized spacial score (nSPS) is 14.0. The Balaban J connectivity index is 5.66. The Kier molecular flexibility index (Phi) is 22.4. The molecule has 0 heterocycles. The van der Waals surface area contributed by atoms with Crippen LogP contribution in [0.2, 0.25) is 0 Å². The molecule has 0 aliphatic heterocycles. The number of amides is 4. The smallest absolute Gasteiger partial charge is 0.242 e. The van der Waals surface area contributed by atoms with Gasteiger partial charge in [-0.2, -0.15) is 0 Å². The highest BCUT2D eigenvalue weighted by Crippen LogP contribution is 2.09. The van der Waals surface area contributed by atoms with Gasteiger partial charge in [0.05, 0.1) is 18.1 Å². The lowest BCUT2D eigenvalue weighted by Gasteiger charge is -2.25. The van der Waals surface area contributed by atoms with Crippen molar-refractivity contribution < 1.29 is 43.2 Å². The lowest BCUT2D eigenvalue weighted by Crippen LogP contribution is -2.54. The second-order valence-corrected chi connectivity index (χ2v) is 12.3. The molecular weight excluding hydrogens is 624 g/mol. The first-order chi connectivity index (χ1) is 22.5. The van der Waals surface area contributed by atoms with Gasteiger partial charge in [0.25, 0.3) is 0 Å². The minimum Gasteiger partial charge on any atom is -0.355 e. The van der Waals surface area contributed by atoms with Crippen LogP contribution >= 0.6 is 0 Å². The van der Waals surface area contributed by atoms with E-state index in [2.05, 4.69) is 31.9 Å². The van der Waals surface area contributed by atoms with Crippen molar-refractivity contribution in [1.82, 2.24) is 31.9 Å². The Morgan fingerprint density at radius 1 is 0.479 bits per heavy atom. The summed E-state index contributed by atoms with van der Waals surface area (Å²) in [6.45, 7) is 7.17. The molecule has 0 bridgehead atoms. The summed E-state index contributed by atoms with van der Waals surface area (Å²) in [6.07, 6.45) is 1.51. The van der Waals surface area contributed by atoms with Crippen molar-refractivity contribution in [1.29, 1.82) is 0 Å². The van der Waals surface area contributed by atoms with Crippen LogP contribution < -0.4 is 31.9 Å². The average molecular weight is 681 g/mol. The Morgan fingerprint density at radius 2 is 0.938 bits per heavy atom. The fraction of sp³-hybridized carbons (Fsp3) is 0.727. The van der Waals surface area contributed by atoms with E-state index in [1.54, 1.807) is 14.1 Å². The van der Waals surface area contributed by atoms with E-state index in [9.17, 15) is 43.2 Å². The van der Waals surface area contributed by atoms with E-state index in [-0.39, 0.29) is 92.7 Å². The van der Waals surface area contributed by atoms with E-state index in [0.717, 1.165) is 0 Å². The first kappa shape index (κ1) is 44.1. The van der Waals surface area contributed by atoms with E-state index < -0.39 is 47.9 Å². The molecule has 0 radical (unpaired) electrons. The van der Waals surface area contributed by atoms with Crippen molar-refractivity contribution in [2.24, 2.45) is 0 Å². The number of likely N-dealkylation sites (N-methyl/N-ethyl adjacent to an activating group) is 2. The van der Waals surface area contributed by atoms with Crippen LogP contribution in [0.25, 0.3) is 0 Å². The molecule has 0 aromatic rings. The summed E-state index contributed by atoms with van der Waals surface area (Å²) < 4.78 is 0. The standard InChI is InChI=1S/C33H56N6O9/c1-20(40)10-13-26(24(5)44)38-30(45)17-16-29(39-32(47)28(35-7)15-12-22(3)42)33(48)37-25(19-23(4)43)9-8-18-36-31(46)27(34-6)14-11-21(2)41/h25-29,34-35H,8-19H2,1-7H3,(H,36,46)(H,37,48)(H,38,45)(H,39,47). The topological polar surface area (TPSA) is 226 Å². The maximum atomic E-state index is 13.5. The molecule has 5 unspecified atom stereocenters. The summed E-state index contributed by atoms with van der Waals surface area (Å²) in [5, 5.41) is 16.5. The van der Waals surface area contributed by atoms with Crippen molar-refractivity contribution in [2.45, 2.75) is 135 Å². The van der Waals surface area contributed by atoms with Gasteiger partial charge in [-0.25, -0.2) is 0 Å². The number of hydrogen-bond donors (Lipinski definition) is 6. The van der Waals surface area contributed by atoms with Crippen molar-refractivity contribution in [2.75, 3.05) is 20.6 Å². The lowest BCUT2D eigenvalue weighted by molar-refractivity contribution is -0.132. The van der Waals surface area contributed by atoms with E-state index in [1.807, 2.05) is 0 Å². The fourth-order valence-corrected chi connectivity index (χ4v) is 4.87. The van der Waals surface area contributed by atoms with Crippen LogP contribution in [0, 0.1) is 0 Å². The summed E-state index contributed by atoms with van der Waals surface area (Å²) in [6, 6.07) is -4.04. The van der Waals surface area contributed by atoms with Crippen molar-refractivity contribution in [3.63, 3.8) is 0 Å². The Bertz CT molecular complexity index is 1140. The molecule has 5 atom stereocenters. The maximum absolute atomic E-state index is 13.5. The van der Waals surface area contributed by atoms with Crippen LogP contribution in [-0.4, -0.2) is 103 Å². The van der Waals surface area contributed by atoms with Gasteiger partial charge in [0.2, 0.25) is 23.6 Å². The van der Waals surface area contributed by atoms with Crippen LogP contribution in [0.4, 0.5) is 0 Å². The molecule has 0 aliphatic carbocycles. The molecule has 15 nitrogen and oxygen atoms in total. The summed E-state index contributed by atoms with van der Waals surface area (Å²) in [7, 11) is 3.17. The highest BCUT2D eigenvalue weighted by atomic mass is 16.2. The van der Waals surface area contributed by atoms with E-state index >= 15 is 0 Å². The average Bonchev–Trinajstić information content (AvgIpc) is 2.99. The van der Waals surface area contributed by atoms with Crippen LogP contribution in [0.3, 0.4) is 0 Å². The molecule has 0 rings (SSSR count). The molecule has 4 amide bonds. The monoisotopic (exact) mass is 680 g/mol. The third kappa shape index (κ3) is 20.4. The van der Waals surface area contributed by atoms with E-state index in [0.29, 0.717) is 19.3 Å². The third-order valence-electron chi connectivity index (χ3n) is 7.71. The predicted octanol–water partition coefficient (Wildman–Crippen LogP) is -0.0309. The van der Waals surface area contributed by atoms with Gasteiger partial charge >= 0.3 is 0 Å². The Hall–Kier alpha value is -3.85. The second kappa shape index (κ2) is 24.3. The third-order valence-corrected chi connectivity index (χ3v) is 7.71. The Labute approximate surface area is 283 Å². The number of carbonyl (C=O) groups excluding carboxylic acids is 9. The molecule has 0 saturated carbocycles. The van der Waals surface area contributed by atoms with Crippen molar-refractivity contribution in [3.05, 3.63) is 0 Å². The minimum atomic E-state index is -1.20. The highest BCUT2D eigenvalue weighted by Gasteiger charge is 2.28. The van der Waals surface area contributed by atoms with E-state index in [1.165, 1.54) is 34.6 Å². The SMILES string of the molecule is CNC(CCC(C)=O)C(=O)NCCCC(CC(C)=O)NC(=O)C(CCC(=O)NC(CCC(C)=O)C(C)=O)NC(=O)C(CCC(C)=O)NC. The predicted molar refractivity (Wildman–Crippen MR) is 179 cm³/mol. The van der Waals surface area contributed by atoms with Gasteiger partial charge in [0, 0.05) is 44.7 Å². The molecule has 0 aromatic heterocycles. The minimum absolute atomic E-state index is 0.00716. The van der Waals surface area contributed by atoms with Gasteiger partial charge in [0.1, 0.15) is 29.2 Å². The van der Waals surface area contributed by atoms with E-state index in [4.69, 9.17) is 0 Å². The molecule has 0 fully saturated rings. The Morgan fingerprint density at radius 3 is 1.40 bits per heavy atom. The lowest BCUT2D eigenvalue weighted by atomic mass is 10.0.